The van der Waals surface area contributed by atoms with Gasteiger partial charge in [-0.05, 0) is 18.4 Å². The maximum Gasteiger partial charge on any atom is 0.165 e. The topological polar surface area (TPSA) is 55.6 Å². The molecule has 5 heteroatoms. The Hall–Kier alpha value is -2.43. The van der Waals surface area contributed by atoms with Crippen LogP contribution < -0.4 is 5.32 Å². The van der Waals surface area contributed by atoms with Crippen molar-refractivity contribution >= 4 is 17.0 Å². The number of hydrogen-bond acceptors (Lipinski definition) is 4. The Morgan fingerprint density at radius 2 is 1.86 bits per heavy atom. The second kappa shape index (κ2) is 5.75. The van der Waals surface area contributed by atoms with Crippen LogP contribution in [0, 0.1) is 0 Å². The molecule has 1 aromatic carbocycles. The highest BCUT2D eigenvalue weighted by Gasteiger charge is 2.17. The molecule has 1 N–H and O–H groups in total. The minimum atomic E-state index is 0.525. The van der Waals surface area contributed by atoms with Gasteiger partial charge >= 0.3 is 0 Å². The van der Waals surface area contributed by atoms with Gasteiger partial charge in [0.2, 0.25) is 0 Å². The summed E-state index contributed by atoms with van der Waals surface area (Å²) >= 11 is 0. The first-order valence-electron chi connectivity index (χ1n) is 7.86. The normalized spacial score (nSPS) is 15.5. The highest BCUT2D eigenvalue weighted by molar-refractivity contribution is 5.82. The Labute approximate surface area is 129 Å². The standard InChI is InChI=1S/C17H19N5/c1-2-6-13(7-3-1)10-22-12-20-15-16(18-11-19-17(15)22)21-14-8-4-5-9-14/h1-3,6-7,11-12,14H,4-5,8-10H2,(H,18,19,21). The summed E-state index contributed by atoms with van der Waals surface area (Å²) in [5.41, 5.74) is 3.00. The largest absolute Gasteiger partial charge is 0.365 e. The van der Waals surface area contributed by atoms with E-state index >= 15 is 0 Å². The van der Waals surface area contributed by atoms with E-state index in [0.29, 0.717) is 6.04 Å². The third-order valence-electron chi connectivity index (χ3n) is 4.29. The van der Waals surface area contributed by atoms with Crippen molar-refractivity contribution in [2.45, 2.75) is 38.3 Å². The highest BCUT2D eigenvalue weighted by Crippen LogP contribution is 2.24. The molecule has 112 valence electrons. The summed E-state index contributed by atoms with van der Waals surface area (Å²) in [5.74, 6) is 0.865. The molecule has 1 fully saturated rings. The van der Waals surface area contributed by atoms with E-state index in [0.717, 1.165) is 23.5 Å². The molecular weight excluding hydrogens is 274 g/mol. The minimum absolute atomic E-state index is 0.525. The number of rotatable bonds is 4. The monoisotopic (exact) mass is 293 g/mol. The molecule has 22 heavy (non-hydrogen) atoms. The summed E-state index contributed by atoms with van der Waals surface area (Å²) < 4.78 is 2.08. The average molecular weight is 293 g/mol. The van der Waals surface area contributed by atoms with Crippen molar-refractivity contribution in [1.29, 1.82) is 0 Å². The fourth-order valence-electron chi connectivity index (χ4n) is 3.15. The van der Waals surface area contributed by atoms with Crippen molar-refractivity contribution in [3.05, 3.63) is 48.5 Å². The first-order valence-corrected chi connectivity index (χ1v) is 7.86. The predicted molar refractivity (Wildman–Crippen MR) is 86.7 cm³/mol. The zero-order chi connectivity index (χ0) is 14.8. The highest BCUT2D eigenvalue weighted by atomic mass is 15.1. The Morgan fingerprint density at radius 1 is 1.05 bits per heavy atom. The summed E-state index contributed by atoms with van der Waals surface area (Å²) in [5, 5.41) is 3.53. The number of imidazole rings is 1. The summed E-state index contributed by atoms with van der Waals surface area (Å²) in [6.45, 7) is 0.775. The SMILES string of the molecule is c1ccc(Cn2cnc3c(NC4CCCC4)ncnc32)cc1. The van der Waals surface area contributed by atoms with E-state index in [9.17, 15) is 0 Å². The third-order valence-corrected chi connectivity index (χ3v) is 4.29. The molecule has 0 aliphatic heterocycles. The van der Waals surface area contributed by atoms with Gasteiger partial charge in [0.05, 0.1) is 12.9 Å². The lowest BCUT2D eigenvalue weighted by Gasteiger charge is -2.12. The molecule has 1 aliphatic carbocycles. The Balaban J connectivity index is 1.64. The van der Waals surface area contributed by atoms with Gasteiger partial charge in [-0.3, -0.25) is 0 Å². The lowest BCUT2D eigenvalue weighted by atomic mass is 10.2. The first-order chi connectivity index (χ1) is 10.9. The predicted octanol–water partition coefficient (Wildman–Crippen LogP) is 3.23. The molecule has 5 nitrogen and oxygen atoms in total. The van der Waals surface area contributed by atoms with Crippen molar-refractivity contribution in [2.24, 2.45) is 0 Å². The second-order valence-corrected chi connectivity index (χ2v) is 5.88. The molecule has 0 radical (unpaired) electrons. The van der Waals surface area contributed by atoms with Crippen LogP contribution >= 0.6 is 0 Å². The molecule has 4 rings (SSSR count). The van der Waals surface area contributed by atoms with Crippen LogP contribution in [0.15, 0.2) is 43.0 Å². The molecule has 1 aliphatic rings. The van der Waals surface area contributed by atoms with Crippen LogP contribution in [0.25, 0.3) is 11.2 Å². The summed E-state index contributed by atoms with van der Waals surface area (Å²) in [4.78, 5) is 13.3. The van der Waals surface area contributed by atoms with Gasteiger partial charge in [0.1, 0.15) is 11.8 Å². The molecular formula is C17H19N5. The number of nitrogens with one attached hydrogen (secondary N) is 1. The molecule has 2 heterocycles. The number of aromatic nitrogens is 4. The van der Waals surface area contributed by atoms with E-state index in [4.69, 9.17) is 0 Å². The van der Waals surface area contributed by atoms with Crippen LogP contribution in [0.2, 0.25) is 0 Å². The quantitative estimate of drug-likeness (QED) is 0.802. The third kappa shape index (κ3) is 2.54. The van der Waals surface area contributed by atoms with Gasteiger partial charge in [-0.1, -0.05) is 43.2 Å². The number of anilines is 1. The maximum atomic E-state index is 4.53. The van der Waals surface area contributed by atoms with Crippen LogP contribution in [0.5, 0.6) is 0 Å². The molecule has 2 aromatic heterocycles. The molecule has 0 unspecified atom stereocenters. The summed E-state index contributed by atoms with van der Waals surface area (Å²) in [7, 11) is 0. The fourth-order valence-corrected chi connectivity index (χ4v) is 3.15. The molecule has 1 saturated carbocycles. The number of fused-ring (bicyclic) bond motifs is 1. The Bertz CT molecular complexity index is 759. The van der Waals surface area contributed by atoms with Crippen molar-refractivity contribution < 1.29 is 0 Å². The van der Waals surface area contributed by atoms with E-state index in [1.54, 1.807) is 6.33 Å². The molecule has 0 amide bonds. The zero-order valence-corrected chi connectivity index (χ0v) is 12.4. The molecule has 0 saturated heterocycles. The average Bonchev–Trinajstić information content (AvgIpc) is 3.19. The van der Waals surface area contributed by atoms with E-state index in [-0.39, 0.29) is 0 Å². The molecule has 3 aromatic rings. The van der Waals surface area contributed by atoms with Gasteiger partial charge in [-0.2, -0.15) is 0 Å². The van der Waals surface area contributed by atoms with Gasteiger partial charge in [0, 0.05) is 6.04 Å². The molecule has 0 atom stereocenters. The summed E-state index contributed by atoms with van der Waals surface area (Å²) in [6, 6.07) is 10.9. The number of nitrogens with zero attached hydrogens (tertiary/aromatic N) is 4. The van der Waals surface area contributed by atoms with E-state index in [2.05, 4.69) is 49.1 Å². The van der Waals surface area contributed by atoms with E-state index in [1.165, 1.54) is 31.2 Å². The van der Waals surface area contributed by atoms with Gasteiger partial charge in [0.25, 0.3) is 0 Å². The van der Waals surface area contributed by atoms with Gasteiger partial charge in [-0.25, -0.2) is 15.0 Å². The van der Waals surface area contributed by atoms with Crippen molar-refractivity contribution in [2.75, 3.05) is 5.32 Å². The zero-order valence-electron chi connectivity index (χ0n) is 12.4. The number of hydrogen-bond donors (Lipinski definition) is 1. The Kier molecular flexibility index (Phi) is 3.46. The van der Waals surface area contributed by atoms with Crippen molar-refractivity contribution in [1.82, 2.24) is 19.5 Å². The fraction of sp³-hybridized carbons (Fsp3) is 0.353. The smallest absolute Gasteiger partial charge is 0.165 e. The lowest BCUT2D eigenvalue weighted by Crippen LogP contribution is -2.16. The van der Waals surface area contributed by atoms with Crippen LogP contribution in [0.4, 0.5) is 5.82 Å². The van der Waals surface area contributed by atoms with E-state index in [1.807, 2.05) is 12.4 Å². The van der Waals surface area contributed by atoms with Gasteiger partial charge in [-0.15, -0.1) is 0 Å². The van der Waals surface area contributed by atoms with Crippen LogP contribution in [0.1, 0.15) is 31.2 Å². The van der Waals surface area contributed by atoms with E-state index < -0.39 is 0 Å². The molecule has 0 bridgehead atoms. The van der Waals surface area contributed by atoms with Crippen molar-refractivity contribution in [3.63, 3.8) is 0 Å². The van der Waals surface area contributed by atoms with Gasteiger partial charge in [0.15, 0.2) is 11.5 Å². The molecule has 0 spiro atoms. The maximum absolute atomic E-state index is 4.53. The minimum Gasteiger partial charge on any atom is -0.365 e. The number of benzene rings is 1. The van der Waals surface area contributed by atoms with Crippen molar-refractivity contribution in [3.8, 4) is 0 Å². The first kappa shape index (κ1) is 13.2. The van der Waals surface area contributed by atoms with Crippen LogP contribution in [0.3, 0.4) is 0 Å². The summed E-state index contributed by atoms with van der Waals surface area (Å²) in [6.07, 6.45) is 8.52. The Morgan fingerprint density at radius 3 is 2.68 bits per heavy atom. The van der Waals surface area contributed by atoms with Gasteiger partial charge < -0.3 is 9.88 Å². The van der Waals surface area contributed by atoms with Crippen LogP contribution in [-0.2, 0) is 6.54 Å². The lowest BCUT2D eigenvalue weighted by molar-refractivity contribution is 0.751. The van der Waals surface area contributed by atoms with Crippen LogP contribution in [-0.4, -0.2) is 25.6 Å². The second-order valence-electron chi connectivity index (χ2n) is 5.88.